The smallest absolute Gasteiger partial charge is 0.213 e. The second-order valence-electron chi connectivity index (χ2n) is 4.31. The van der Waals surface area contributed by atoms with Crippen LogP contribution in [-0.4, -0.2) is 17.4 Å². The van der Waals surface area contributed by atoms with E-state index in [0.717, 1.165) is 11.5 Å². The van der Waals surface area contributed by atoms with E-state index in [1.54, 1.807) is 6.20 Å². The minimum atomic E-state index is 0.460. The lowest BCUT2D eigenvalue weighted by atomic mass is 10.1. The van der Waals surface area contributed by atoms with Gasteiger partial charge in [0, 0.05) is 12.0 Å². The van der Waals surface area contributed by atoms with E-state index >= 15 is 0 Å². The number of ether oxygens (including phenoxy) is 1. The van der Waals surface area contributed by atoms with Crippen LogP contribution < -0.4 is 10.5 Å². The van der Waals surface area contributed by atoms with Gasteiger partial charge in [-0.05, 0) is 25.8 Å². The second-order valence-corrected chi connectivity index (χ2v) is 4.31. The quantitative estimate of drug-likeness (QED) is 0.642. The van der Waals surface area contributed by atoms with Crippen molar-refractivity contribution in [3.8, 4) is 5.88 Å². The van der Waals surface area contributed by atoms with Crippen LogP contribution in [0.5, 0.6) is 5.88 Å². The van der Waals surface area contributed by atoms with Crippen molar-refractivity contribution >= 4 is 11.5 Å². The second kappa shape index (κ2) is 5.66. The average Bonchev–Trinajstić information content (AvgIpc) is 2.86. The monoisotopic (exact) mass is 233 g/mol. The van der Waals surface area contributed by atoms with Gasteiger partial charge in [0.15, 0.2) is 0 Å². The summed E-state index contributed by atoms with van der Waals surface area (Å²) in [5, 5.41) is 0. The summed E-state index contributed by atoms with van der Waals surface area (Å²) in [6.07, 6.45) is 6.57. The number of pyridine rings is 1. The maximum absolute atomic E-state index is 6.00. The van der Waals surface area contributed by atoms with E-state index in [1.165, 1.54) is 25.7 Å². The van der Waals surface area contributed by atoms with Crippen LogP contribution in [0.25, 0.3) is 0 Å². The Kier molecular flexibility index (Phi) is 3.96. The zero-order chi connectivity index (χ0) is 12.1. The van der Waals surface area contributed by atoms with Crippen LogP contribution in [0, 0.1) is 5.92 Å². The number of hydrogen-bond donors (Lipinski definition) is 1. The van der Waals surface area contributed by atoms with Crippen molar-refractivity contribution in [1.82, 2.24) is 4.98 Å². The highest BCUT2D eigenvalue weighted by Gasteiger charge is 2.18. The molecule has 4 nitrogen and oxygen atoms in total. The topological polar surface area (TPSA) is 60.5 Å². The minimum absolute atomic E-state index is 0.460. The number of nitrogens with two attached hydrogens (primary N) is 1. The Morgan fingerprint density at radius 1 is 1.47 bits per heavy atom. The van der Waals surface area contributed by atoms with Crippen molar-refractivity contribution in [3.63, 3.8) is 0 Å². The lowest BCUT2D eigenvalue weighted by Crippen LogP contribution is -2.20. The molecule has 0 aliphatic heterocycles. The summed E-state index contributed by atoms with van der Waals surface area (Å²) in [6.45, 7) is 2.56. The number of nitrogens with zero attached hydrogens (tertiary/aromatic N) is 2. The number of amidine groups is 1. The SMILES string of the molecule is CCOc1ccc(N=C(N)C2CCCC2)cn1. The highest BCUT2D eigenvalue weighted by Crippen LogP contribution is 2.26. The molecule has 2 rings (SSSR count). The summed E-state index contributed by atoms with van der Waals surface area (Å²) in [6, 6.07) is 3.71. The molecule has 1 fully saturated rings. The fourth-order valence-corrected chi connectivity index (χ4v) is 2.13. The van der Waals surface area contributed by atoms with Crippen LogP contribution in [0.3, 0.4) is 0 Å². The number of hydrogen-bond acceptors (Lipinski definition) is 3. The third kappa shape index (κ3) is 3.19. The van der Waals surface area contributed by atoms with Crippen LogP contribution in [0.15, 0.2) is 23.3 Å². The van der Waals surface area contributed by atoms with Crippen LogP contribution in [0.2, 0.25) is 0 Å². The predicted molar refractivity (Wildman–Crippen MR) is 68.6 cm³/mol. The van der Waals surface area contributed by atoms with E-state index in [0.29, 0.717) is 18.4 Å². The van der Waals surface area contributed by atoms with E-state index in [9.17, 15) is 0 Å². The zero-order valence-corrected chi connectivity index (χ0v) is 10.2. The molecule has 1 aromatic heterocycles. The average molecular weight is 233 g/mol. The third-order valence-electron chi connectivity index (χ3n) is 3.04. The van der Waals surface area contributed by atoms with E-state index in [1.807, 2.05) is 19.1 Å². The molecule has 0 spiro atoms. The van der Waals surface area contributed by atoms with Crippen molar-refractivity contribution in [2.24, 2.45) is 16.6 Å². The molecule has 1 saturated carbocycles. The number of aromatic nitrogens is 1. The van der Waals surface area contributed by atoms with Gasteiger partial charge in [0.1, 0.15) is 5.84 Å². The lowest BCUT2D eigenvalue weighted by Gasteiger charge is -2.08. The molecule has 92 valence electrons. The Balaban J connectivity index is 2.04. The van der Waals surface area contributed by atoms with Gasteiger partial charge in [-0.15, -0.1) is 0 Å². The first kappa shape index (κ1) is 11.9. The van der Waals surface area contributed by atoms with Crippen LogP contribution in [-0.2, 0) is 0 Å². The van der Waals surface area contributed by atoms with Crippen molar-refractivity contribution in [2.75, 3.05) is 6.61 Å². The van der Waals surface area contributed by atoms with Gasteiger partial charge in [0.25, 0.3) is 0 Å². The first-order valence-electron chi connectivity index (χ1n) is 6.22. The van der Waals surface area contributed by atoms with Crippen molar-refractivity contribution in [2.45, 2.75) is 32.6 Å². The van der Waals surface area contributed by atoms with Crippen LogP contribution in [0.1, 0.15) is 32.6 Å². The maximum atomic E-state index is 6.00. The summed E-state index contributed by atoms with van der Waals surface area (Å²) in [4.78, 5) is 8.58. The molecule has 17 heavy (non-hydrogen) atoms. The molecule has 0 unspecified atom stereocenters. The molecule has 1 aliphatic carbocycles. The summed E-state index contributed by atoms with van der Waals surface area (Å²) in [7, 11) is 0. The highest BCUT2D eigenvalue weighted by molar-refractivity contribution is 5.85. The Morgan fingerprint density at radius 3 is 2.82 bits per heavy atom. The first-order chi connectivity index (χ1) is 8.29. The van der Waals surface area contributed by atoms with E-state index < -0.39 is 0 Å². The maximum Gasteiger partial charge on any atom is 0.213 e. The number of aliphatic imine (C=N–C) groups is 1. The highest BCUT2D eigenvalue weighted by atomic mass is 16.5. The predicted octanol–water partition coefficient (Wildman–Crippen LogP) is 2.66. The Labute approximate surface area is 102 Å². The van der Waals surface area contributed by atoms with E-state index in [4.69, 9.17) is 10.5 Å². The first-order valence-corrected chi connectivity index (χ1v) is 6.22. The molecule has 0 atom stereocenters. The Morgan fingerprint density at radius 2 is 2.24 bits per heavy atom. The van der Waals surface area contributed by atoms with Crippen molar-refractivity contribution in [3.05, 3.63) is 18.3 Å². The van der Waals surface area contributed by atoms with Gasteiger partial charge in [-0.2, -0.15) is 0 Å². The van der Waals surface area contributed by atoms with Gasteiger partial charge < -0.3 is 10.5 Å². The van der Waals surface area contributed by atoms with Gasteiger partial charge in [0.2, 0.25) is 5.88 Å². The van der Waals surface area contributed by atoms with E-state index in [-0.39, 0.29) is 0 Å². The zero-order valence-electron chi connectivity index (χ0n) is 10.2. The fourth-order valence-electron chi connectivity index (χ4n) is 2.13. The normalized spacial score (nSPS) is 17.4. The van der Waals surface area contributed by atoms with E-state index in [2.05, 4.69) is 9.98 Å². The molecule has 0 bridgehead atoms. The summed E-state index contributed by atoms with van der Waals surface area (Å²) in [5.41, 5.74) is 6.80. The van der Waals surface area contributed by atoms with Crippen molar-refractivity contribution in [1.29, 1.82) is 0 Å². The molecular formula is C13H19N3O. The molecule has 0 amide bonds. The molecule has 1 heterocycles. The molecule has 0 saturated heterocycles. The number of rotatable bonds is 4. The van der Waals surface area contributed by atoms with Gasteiger partial charge in [-0.25, -0.2) is 9.98 Å². The summed E-state index contributed by atoms with van der Waals surface area (Å²) < 4.78 is 5.27. The third-order valence-corrected chi connectivity index (χ3v) is 3.04. The molecule has 4 heteroatoms. The molecule has 0 radical (unpaired) electrons. The van der Waals surface area contributed by atoms with Gasteiger partial charge in [-0.1, -0.05) is 12.8 Å². The largest absolute Gasteiger partial charge is 0.478 e. The standard InChI is InChI=1S/C13H19N3O/c1-2-17-12-8-7-11(9-15-12)16-13(14)10-5-3-4-6-10/h7-10H,2-6H2,1H3,(H2,14,16). The van der Waals surface area contributed by atoms with Crippen LogP contribution in [0.4, 0.5) is 5.69 Å². The van der Waals surface area contributed by atoms with Gasteiger partial charge in [0.05, 0.1) is 18.5 Å². The molecule has 1 aliphatic rings. The van der Waals surface area contributed by atoms with Crippen molar-refractivity contribution < 1.29 is 4.74 Å². The van der Waals surface area contributed by atoms with Gasteiger partial charge >= 0.3 is 0 Å². The van der Waals surface area contributed by atoms with Gasteiger partial charge in [-0.3, -0.25) is 0 Å². The Hall–Kier alpha value is -1.58. The molecular weight excluding hydrogens is 214 g/mol. The molecule has 2 N–H and O–H groups in total. The fraction of sp³-hybridized carbons (Fsp3) is 0.538. The minimum Gasteiger partial charge on any atom is -0.478 e. The Bertz CT molecular complexity index is 380. The molecule has 0 aromatic carbocycles. The lowest BCUT2D eigenvalue weighted by molar-refractivity contribution is 0.327. The van der Waals surface area contributed by atoms with Crippen LogP contribution >= 0.6 is 0 Å². The summed E-state index contributed by atoms with van der Waals surface area (Å²) in [5.74, 6) is 1.83. The molecule has 1 aromatic rings. The summed E-state index contributed by atoms with van der Waals surface area (Å²) >= 11 is 0.